The third-order valence-electron chi connectivity index (χ3n) is 11.3. The molecule has 0 saturated carbocycles. The summed E-state index contributed by atoms with van der Waals surface area (Å²) < 4.78 is 61.6. The number of aliphatic hydroxyl groups excluding tert-OH is 1. The third-order valence-corrected chi connectivity index (χ3v) is 11.3. The second-order valence-electron chi connectivity index (χ2n) is 16.0. The van der Waals surface area contributed by atoms with Gasteiger partial charge in [-0.2, -0.15) is 0 Å². The summed E-state index contributed by atoms with van der Waals surface area (Å²) in [5, 5.41) is 12.2. The van der Waals surface area contributed by atoms with Crippen molar-refractivity contribution < 1.29 is 76.4 Å². The van der Waals surface area contributed by atoms with E-state index in [0.29, 0.717) is 5.75 Å². The Morgan fingerprint density at radius 3 is 1.27 bits per heavy atom. The van der Waals surface area contributed by atoms with Crippen molar-refractivity contribution in [2.24, 2.45) is 0 Å². The molecular formula is C54H48O16. The van der Waals surface area contributed by atoms with Crippen molar-refractivity contribution in [2.75, 3.05) is 13.7 Å². The molecule has 0 aromatic heterocycles. The topological polar surface area (TPSA) is 198 Å². The predicted molar refractivity (Wildman–Crippen MR) is 247 cm³/mol. The lowest BCUT2D eigenvalue weighted by Crippen LogP contribution is -2.67. The molecule has 0 amide bonds. The highest BCUT2D eigenvalue weighted by molar-refractivity contribution is 5.91. The molecule has 2 heterocycles. The van der Waals surface area contributed by atoms with Gasteiger partial charge in [0.25, 0.3) is 0 Å². The number of benzene rings is 6. The second-order valence-corrected chi connectivity index (χ2v) is 16.0. The molecule has 16 nitrogen and oxygen atoms in total. The van der Waals surface area contributed by atoms with E-state index in [2.05, 4.69) is 0 Å². The van der Waals surface area contributed by atoms with E-state index in [1.54, 1.807) is 127 Å². The molecule has 0 spiro atoms. The minimum atomic E-state index is -1.82. The number of carbonyl (C=O) groups excluding carboxylic acids is 5. The standard InChI is InChI=1S/C54H48O16/c1-33-43(66-49(57)35-20-10-4-11-21-35)42(55)45(68-51(59)37-24-14-6-15-25-37)53(63-33)70-46-44(67-50(58)36-22-12-5-13-23-36)41(32-62-48(56)34-18-8-3-9-19-34)65-54(64-40-30-28-39(61-2)29-31-40)47(46)69-52(60)38-26-16-7-17-27-38/h3-31,33,41-47,53-55H,32H2,1-2H3/t33-,41+,42+,43+,44+,45+,46-,47+,53-,54-/m0/s1. The summed E-state index contributed by atoms with van der Waals surface area (Å²) in [5.41, 5.74) is 0.680. The van der Waals surface area contributed by atoms with Gasteiger partial charge in [0.1, 0.15) is 36.4 Å². The Balaban J connectivity index is 1.23. The maximum absolute atomic E-state index is 14.2. The van der Waals surface area contributed by atoms with Gasteiger partial charge in [-0.3, -0.25) is 0 Å². The van der Waals surface area contributed by atoms with Crippen molar-refractivity contribution in [3.63, 3.8) is 0 Å². The largest absolute Gasteiger partial charge is 0.497 e. The Hall–Kier alpha value is -7.89. The number of rotatable bonds is 16. The SMILES string of the molecule is COc1ccc(O[C@H]2O[C@H](COC(=O)c3ccccc3)[C@@H](OC(=O)c3ccccc3)[C@H](O[C@@H]3O[C@@H](C)[C@@H](OC(=O)c4ccccc4)[C@@H](O)[C@H]3OC(=O)c3ccccc3)[C@H]2OC(=O)c2ccccc2)cc1. The average Bonchev–Trinajstić information content (AvgIpc) is 3.40. The van der Waals surface area contributed by atoms with Crippen LogP contribution in [0.4, 0.5) is 0 Å². The molecule has 2 saturated heterocycles. The van der Waals surface area contributed by atoms with Crippen LogP contribution in [0, 0.1) is 0 Å². The maximum Gasteiger partial charge on any atom is 0.338 e. The normalized spacial score (nSPS) is 23.9. The molecule has 0 radical (unpaired) electrons. The molecule has 2 aliphatic heterocycles. The Bertz CT molecular complexity index is 2670. The fraction of sp³-hybridized carbons (Fsp3) is 0.241. The van der Waals surface area contributed by atoms with E-state index in [4.69, 9.17) is 47.4 Å². The van der Waals surface area contributed by atoms with Crippen molar-refractivity contribution >= 4 is 29.8 Å². The van der Waals surface area contributed by atoms with Gasteiger partial charge in [-0.05, 0) is 91.9 Å². The zero-order valence-corrected chi connectivity index (χ0v) is 37.8. The van der Waals surface area contributed by atoms with Gasteiger partial charge in [-0.15, -0.1) is 0 Å². The molecular weight excluding hydrogens is 905 g/mol. The molecule has 0 aliphatic carbocycles. The van der Waals surface area contributed by atoms with Crippen LogP contribution in [0.3, 0.4) is 0 Å². The van der Waals surface area contributed by atoms with Crippen LogP contribution in [-0.2, 0) is 37.9 Å². The molecule has 1 N–H and O–H groups in total. The first kappa shape index (κ1) is 48.6. The van der Waals surface area contributed by atoms with Gasteiger partial charge in [0.2, 0.25) is 6.29 Å². The van der Waals surface area contributed by atoms with E-state index in [1.807, 2.05) is 0 Å². The number of carbonyl (C=O) groups is 5. The molecule has 2 fully saturated rings. The first-order valence-corrected chi connectivity index (χ1v) is 22.3. The lowest BCUT2D eigenvalue weighted by atomic mass is 9.96. The molecule has 70 heavy (non-hydrogen) atoms. The van der Waals surface area contributed by atoms with E-state index in [1.165, 1.54) is 62.6 Å². The lowest BCUT2D eigenvalue weighted by Gasteiger charge is -2.48. The fourth-order valence-electron chi connectivity index (χ4n) is 7.74. The van der Waals surface area contributed by atoms with Crippen LogP contribution in [-0.4, -0.2) is 110 Å². The monoisotopic (exact) mass is 952 g/mol. The highest BCUT2D eigenvalue weighted by Crippen LogP contribution is 2.36. The molecule has 8 rings (SSSR count). The van der Waals surface area contributed by atoms with Crippen LogP contribution in [0.15, 0.2) is 176 Å². The number of esters is 5. The number of methoxy groups -OCH3 is 1. The van der Waals surface area contributed by atoms with Gasteiger partial charge in [0, 0.05) is 0 Å². The van der Waals surface area contributed by atoms with Gasteiger partial charge < -0.3 is 52.5 Å². The van der Waals surface area contributed by atoms with E-state index in [9.17, 15) is 29.1 Å². The quantitative estimate of drug-likeness (QED) is 0.0764. The first-order chi connectivity index (χ1) is 34.1. The smallest absolute Gasteiger partial charge is 0.338 e. The zero-order valence-electron chi connectivity index (χ0n) is 37.8. The maximum atomic E-state index is 14.2. The van der Waals surface area contributed by atoms with Crippen molar-refractivity contribution in [1.82, 2.24) is 0 Å². The van der Waals surface area contributed by atoms with Crippen molar-refractivity contribution in [1.29, 1.82) is 0 Å². The third kappa shape index (κ3) is 11.9. The molecule has 0 bridgehead atoms. The Kier molecular flexibility index (Phi) is 15.9. The van der Waals surface area contributed by atoms with Gasteiger partial charge in [0.05, 0.1) is 41.0 Å². The van der Waals surface area contributed by atoms with Crippen LogP contribution in [0.5, 0.6) is 11.5 Å². The Morgan fingerprint density at radius 1 is 0.443 bits per heavy atom. The van der Waals surface area contributed by atoms with E-state index in [-0.39, 0.29) is 33.6 Å². The number of hydrogen-bond donors (Lipinski definition) is 1. The molecule has 2 aliphatic rings. The summed E-state index contributed by atoms with van der Waals surface area (Å²) in [7, 11) is 1.49. The minimum Gasteiger partial charge on any atom is -0.497 e. The van der Waals surface area contributed by atoms with E-state index in [0.717, 1.165) is 0 Å². The van der Waals surface area contributed by atoms with Crippen molar-refractivity contribution in [3.05, 3.63) is 204 Å². The summed E-state index contributed by atoms with van der Waals surface area (Å²) in [6.07, 6.45) is -16.2. The highest BCUT2D eigenvalue weighted by Gasteiger charge is 2.57. The van der Waals surface area contributed by atoms with Gasteiger partial charge >= 0.3 is 29.8 Å². The number of hydrogen-bond acceptors (Lipinski definition) is 16. The number of ether oxygens (including phenoxy) is 10. The summed E-state index contributed by atoms with van der Waals surface area (Å²) in [4.78, 5) is 69.2. The molecule has 0 unspecified atom stereocenters. The molecule has 6 aromatic carbocycles. The van der Waals surface area contributed by atoms with Crippen LogP contribution < -0.4 is 9.47 Å². The van der Waals surface area contributed by atoms with Gasteiger partial charge in [-0.25, -0.2) is 24.0 Å². The second kappa shape index (κ2) is 22.9. The Labute approximate surface area is 402 Å². The fourth-order valence-corrected chi connectivity index (χ4v) is 7.74. The summed E-state index contributed by atoms with van der Waals surface area (Å²) in [6, 6.07) is 46.4. The number of aliphatic hydroxyl groups is 1. The Morgan fingerprint density at radius 2 is 0.829 bits per heavy atom. The van der Waals surface area contributed by atoms with Gasteiger partial charge in [0.15, 0.2) is 30.7 Å². The zero-order chi connectivity index (χ0) is 49.0. The first-order valence-electron chi connectivity index (χ1n) is 22.3. The summed E-state index contributed by atoms with van der Waals surface area (Å²) in [6.45, 7) is 0.916. The highest BCUT2D eigenvalue weighted by atomic mass is 16.8. The molecule has 360 valence electrons. The van der Waals surface area contributed by atoms with E-state index < -0.39 is 97.9 Å². The molecule has 16 heteroatoms. The van der Waals surface area contributed by atoms with Crippen LogP contribution in [0.1, 0.15) is 58.7 Å². The predicted octanol–water partition coefficient (Wildman–Crippen LogP) is 7.05. The van der Waals surface area contributed by atoms with E-state index >= 15 is 0 Å². The van der Waals surface area contributed by atoms with Crippen LogP contribution in [0.2, 0.25) is 0 Å². The molecule has 6 aromatic rings. The van der Waals surface area contributed by atoms with Crippen molar-refractivity contribution in [3.8, 4) is 11.5 Å². The van der Waals surface area contributed by atoms with Crippen molar-refractivity contribution in [2.45, 2.75) is 68.3 Å². The molecule has 10 atom stereocenters. The lowest BCUT2D eigenvalue weighted by molar-refractivity contribution is -0.346. The summed E-state index contributed by atoms with van der Waals surface area (Å²) >= 11 is 0. The summed E-state index contributed by atoms with van der Waals surface area (Å²) in [5.74, 6) is -3.55. The van der Waals surface area contributed by atoms with Crippen LogP contribution in [0.25, 0.3) is 0 Å². The van der Waals surface area contributed by atoms with Gasteiger partial charge in [-0.1, -0.05) is 91.0 Å². The average molecular weight is 953 g/mol. The van der Waals surface area contributed by atoms with Crippen LogP contribution >= 0.6 is 0 Å². The minimum absolute atomic E-state index is 0.0913.